The Morgan fingerprint density at radius 3 is 2.44 bits per heavy atom. The Bertz CT molecular complexity index is 1070. The standard InChI is InChI=1S/C21H20F6N4S/c22-20(23,24)10-15-9-16-18(28-12-29-19(16)32-15)30-14-5-7-31(8-6-14)11-13-3-1-2-4-17(13)21(25,26)27/h1-4,9,12,14H,5-8,10-11H2,(H,28,29,30). The van der Waals surface area contributed by atoms with E-state index in [4.69, 9.17) is 0 Å². The number of piperidine rings is 1. The Balaban J connectivity index is 1.39. The number of nitrogens with zero attached hydrogens (tertiary/aromatic N) is 3. The monoisotopic (exact) mass is 474 g/mol. The molecule has 0 aliphatic carbocycles. The van der Waals surface area contributed by atoms with Gasteiger partial charge in [0.25, 0.3) is 0 Å². The molecule has 4 rings (SSSR count). The van der Waals surface area contributed by atoms with Crippen molar-refractivity contribution < 1.29 is 26.3 Å². The van der Waals surface area contributed by atoms with E-state index < -0.39 is 24.3 Å². The minimum Gasteiger partial charge on any atom is -0.367 e. The van der Waals surface area contributed by atoms with Gasteiger partial charge in [0, 0.05) is 30.6 Å². The molecule has 1 saturated heterocycles. The summed E-state index contributed by atoms with van der Waals surface area (Å²) in [6.45, 7) is 1.41. The van der Waals surface area contributed by atoms with Crippen molar-refractivity contribution in [2.75, 3.05) is 18.4 Å². The van der Waals surface area contributed by atoms with E-state index in [1.807, 2.05) is 4.90 Å². The summed E-state index contributed by atoms with van der Waals surface area (Å²) in [6, 6.07) is 7.08. The van der Waals surface area contributed by atoms with E-state index in [1.54, 1.807) is 6.07 Å². The summed E-state index contributed by atoms with van der Waals surface area (Å²) in [5.41, 5.74) is -0.366. The number of nitrogens with one attached hydrogen (secondary N) is 1. The second-order valence-electron chi connectivity index (χ2n) is 7.80. The van der Waals surface area contributed by atoms with Gasteiger partial charge in [-0.15, -0.1) is 11.3 Å². The largest absolute Gasteiger partial charge is 0.416 e. The van der Waals surface area contributed by atoms with E-state index in [0.29, 0.717) is 42.0 Å². The van der Waals surface area contributed by atoms with E-state index in [0.717, 1.165) is 17.4 Å². The number of thiophene rings is 1. The van der Waals surface area contributed by atoms with Crippen LogP contribution in [0.15, 0.2) is 36.7 Å². The van der Waals surface area contributed by atoms with E-state index in [1.165, 1.54) is 24.5 Å². The molecule has 1 N–H and O–H groups in total. The summed E-state index contributed by atoms with van der Waals surface area (Å²) in [6.07, 6.45) is -7.01. The summed E-state index contributed by atoms with van der Waals surface area (Å²) >= 11 is 0.994. The van der Waals surface area contributed by atoms with Crippen molar-refractivity contribution >= 4 is 27.4 Å². The predicted molar refractivity (Wildman–Crippen MR) is 111 cm³/mol. The lowest BCUT2D eigenvalue weighted by atomic mass is 10.0. The number of likely N-dealkylation sites (tertiary alicyclic amines) is 1. The third-order valence-corrected chi connectivity index (χ3v) is 6.44. The van der Waals surface area contributed by atoms with Crippen molar-refractivity contribution in [3.63, 3.8) is 0 Å². The van der Waals surface area contributed by atoms with Crippen molar-refractivity contribution in [3.8, 4) is 0 Å². The number of rotatable bonds is 5. The highest BCUT2D eigenvalue weighted by atomic mass is 32.1. The molecule has 32 heavy (non-hydrogen) atoms. The first-order chi connectivity index (χ1) is 15.1. The van der Waals surface area contributed by atoms with Crippen LogP contribution in [0.4, 0.5) is 32.2 Å². The van der Waals surface area contributed by atoms with Crippen LogP contribution in [0, 0.1) is 0 Å². The molecule has 0 saturated carbocycles. The zero-order chi connectivity index (χ0) is 22.9. The molecule has 1 fully saturated rings. The molecular formula is C21H20F6N4S. The molecule has 0 radical (unpaired) electrons. The third-order valence-electron chi connectivity index (χ3n) is 5.40. The summed E-state index contributed by atoms with van der Waals surface area (Å²) in [7, 11) is 0. The Labute approximate surface area is 184 Å². The SMILES string of the molecule is FC(F)(F)Cc1cc2c(NC3CCN(Cc4ccccc4C(F)(F)F)CC3)ncnc2s1. The fraction of sp³-hybridized carbons (Fsp3) is 0.429. The highest BCUT2D eigenvalue weighted by Gasteiger charge is 2.33. The minimum absolute atomic E-state index is 0.0215. The normalized spacial score (nSPS) is 16.6. The van der Waals surface area contributed by atoms with Gasteiger partial charge in [0.2, 0.25) is 0 Å². The molecule has 3 aromatic rings. The number of alkyl halides is 6. The van der Waals surface area contributed by atoms with Gasteiger partial charge in [0.1, 0.15) is 17.0 Å². The summed E-state index contributed by atoms with van der Waals surface area (Å²) in [5.74, 6) is 0.487. The van der Waals surface area contributed by atoms with E-state index >= 15 is 0 Å². The Kier molecular flexibility index (Phi) is 6.30. The number of anilines is 1. The van der Waals surface area contributed by atoms with Crippen LogP contribution in [0.5, 0.6) is 0 Å². The Hall–Kier alpha value is -2.40. The molecule has 0 bridgehead atoms. The zero-order valence-corrected chi connectivity index (χ0v) is 17.6. The van der Waals surface area contributed by atoms with Crippen molar-refractivity contribution in [1.82, 2.24) is 14.9 Å². The molecule has 0 unspecified atom stereocenters. The molecule has 0 amide bonds. The van der Waals surface area contributed by atoms with Crippen molar-refractivity contribution in [1.29, 1.82) is 0 Å². The lowest BCUT2D eigenvalue weighted by Gasteiger charge is -2.33. The molecule has 0 atom stereocenters. The van der Waals surface area contributed by atoms with Crippen LogP contribution < -0.4 is 5.32 Å². The van der Waals surface area contributed by atoms with Gasteiger partial charge in [-0.2, -0.15) is 26.3 Å². The van der Waals surface area contributed by atoms with Gasteiger partial charge in [0.15, 0.2) is 0 Å². The summed E-state index contributed by atoms with van der Waals surface area (Å²) < 4.78 is 77.8. The maximum Gasteiger partial charge on any atom is 0.416 e. The van der Waals surface area contributed by atoms with Gasteiger partial charge in [-0.1, -0.05) is 18.2 Å². The van der Waals surface area contributed by atoms with Gasteiger partial charge in [-0.05, 0) is 30.5 Å². The molecule has 1 aliphatic rings. The van der Waals surface area contributed by atoms with Gasteiger partial charge in [-0.25, -0.2) is 9.97 Å². The average molecular weight is 474 g/mol. The maximum atomic E-state index is 13.2. The van der Waals surface area contributed by atoms with Crippen LogP contribution in [-0.4, -0.2) is 40.2 Å². The molecule has 4 nitrogen and oxygen atoms in total. The van der Waals surface area contributed by atoms with E-state index in [2.05, 4.69) is 15.3 Å². The van der Waals surface area contributed by atoms with Gasteiger partial charge >= 0.3 is 12.4 Å². The molecular weight excluding hydrogens is 454 g/mol. The van der Waals surface area contributed by atoms with Gasteiger partial charge in [0.05, 0.1) is 17.4 Å². The summed E-state index contributed by atoms with van der Waals surface area (Å²) in [4.78, 5) is 10.9. The fourth-order valence-electron chi connectivity index (χ4n) is 3.91. The average Bonchev–Trinajstić information content (AvgIpc) is 3.11. The highest BCUT2D eigenvalue weighted by Crippen LogP contribution is 2.34. The molecule has 11 heteroatoms. The minimum atomic E-state index is -4.39. The number of hydrogen-bond acceptors (Lipinski definition) is 5. The second kappa shape index (κ2) is 8.86. The van der Waals surface area contributed by atoms with E-state index in [9.17, 15) is 26.3 Å². The third kappa shape index (κ3) is 5.50. The van der Waals surface area contributed by atoms with Crippen molar-refractivity contribution in [2.24, 2.45) is 0 Å². The smallest absolute Gasteiger partial charge is 0.367 e. The highest BCUT2D eigenvalue weighted by molar-refractivity contribution is 7.18. The first-order valence-corrected chi connectivity index (χ1v) is 10.8. The van der Waals surface area contributed by atoms with Gasteiger partial charge < -0.3 is 5.32 Å². The van der Waals surface area contributed by atoms with Crippen molar-refractivity contribution in [3.05, 3.63) is 52.7 Å². The Morgan fingerprint density at radius 2 is 1.75 bits per heavy atom. The van der Waals surface area contributed by atoms with Crippen LogP contribution in [0.1, 0.15) is 28.8 Å². The first-order valence-electron chi connectivity index (χ1n) is 10.0. The lowest BCUT2D eigenvalue weighted by Crippen LogP contribution is -2.39. The van der Waals surface area contributed by atoms with Crippen LogP contribution in [0.2, 0.25) is 0 Å². The topological polar surface area (TPSA) is 41.0 Å². The van der Waals surface area contributed by atoms with E-state index in [-0.39, 0.29) is 23.0 Å². The molecule has 172 valence electrons. The van der Waals surface area contributed by atoms with Gasteiger partial charge in [-0.3, -0.25) is 4.90 Å². The molecule has 1 aliphatic heterocycles. The van der Waals surface area contributed by atoms with Crippen LogP contribution in [0.3, 0.4) is 0 Å². The second-order valence-corrected chi connectivity index (χ2v) is 8.91. The summed E-state index contributed by atoms with van der Waals surface area (Å²) in [5, 5.41) is 3.84. The lowest BCUT2D eigenvalue weighted by molar-refractivity contribution is -0.138. The van der Waals surface area contributed by atoms with Crippen LogP contribution >= 0.6 is 11.3 Å². The number of fused-ring (bicyclic) bond motifs is 1. The molecule has 2 aromatic heterocycles. The molecule has 3 heterocycles. The number of hydrogen-bond donors (Lipinski definition) is 1. The first kappa shape index (κ1) is 22.8. The predicted octanol–water partition coefficient (Wildman–Crippen LogP) is 5.89. The van der Waals surface area contributed by atoms with Crippen LogP contribution in [-0.2, 0) is 19.1 Å². The zero-order valence-electron chi connectivity index (χ0n) is 16.8. The molecule has 0 spiro atoms. The fourth-order valence-corrected chi connectivity index (χ4v) is 4.94. The molecule has 1 aromatic carbocycles. The quantitative estimate of drug-likeness (QED) is 0.468. The van der Waals surface area contributed by atoms with Crippen LogP contribution in [0.25, 0.3) is 10.2 Å². The number of halogens is 6. The maximum absolute atomic E-state index is 13.2. The Morgan fingerprint density at radius 1 is 1.03 bits per heavy atom. The number of aromatic nitrogens is 2. The number of benzene rings is 1. The van der Waals surface area contributed by atoms with Crippen molar-refractivity contribution in [2.45, 2.75) is 44.2 Å².